The molecule has 2 amide bonds. The first-order chi connectivity index (χ1) is 13.0. The fourth-order valence-electron chi connectivity index (χ4n) is 3.32. The van der Waals surface area contributed by atoms with Crippen LogP contribution in [0.1, 0.15) is 46.4 Å². The van der Waals surface area contributed by atoms with Gasteiger partial charge in [0.25, 0.3) is 11.8 Å². The van der Waals surface area contributed by atoms with Gasteiger partial charge in [-0.15, -0.1) is 0 Å². The second-order valence-electron chi connectivity index (χ2n) is 6.61. The molecule has 1 aliphatic rings. The third-order valence-electron chi connectivity index (χ3n) is 4.91. The summed E-state index contributed by atoms with van der Waals surface area (Å²) >= 11 is 0. The van der Waals surface area contributed by atoms with Gasteiger partial charge in [0.05, 0.1) is 25.3 Å². The number of ether oxygens (including phenoxy) is 2. The third-order valence-corrected chi connectivity index (χ3v) is 4.91. The topological polar surface area (TPSA) is 115 Å². The van der Waals surface area contributed by atoms with Gasteiger partial charge < -0.3 is 31.2 Å². The highest BCUT2D eigenvalue weighted by molar-refractivity contribution is 6.03. The van der Waals surface area contributed by atoms with Crippen LogP contribution < -0.4 is 31.2 Å². The number of carbonyl (C=O) groups excluding carboxylic acids is 2. The lowest BCUT2D eigenvalue weighted by Crippen LogP contribution is -2.41. The van der Waals surface area contributed by atoms with E-state index in [1.165, 1.54) is 20.3 Å². The number of rotatable bonds is 8. The lowest BCUT2D eigenvalue weighted by atomic mass is 9.91. The molecule has 1 fully saturated rings. The molecule has 1 aliphatic carbocycles. The number of hydrogen-bond acceptors (Lipinski definition) is 6. The summed E-state index contributed by atoms with van der Waals surface area (Å²) in [4.78, 5) is 25.2. The van der Waals surface area contributed by atoms with Crippen molar-refractivity contribution < 1.29 is 19.1 Å². The van der Waals surface area contributed by atoms with E-state index in [9.17, 15) is 9.59 Å². The number of carbonyl (C=O) groups is 2. The van der Waals surface area contributed by atoms with Gasteiger partial charge in [-0.2, -0.15) is 0 Å². The number of nitrogens with two attached hydrogens (primary N) is 1. The van der Waals surface area contributed by atoms with Crippen molar-refractivity contribution in [1.82, 2.24) is 16.0 Å². The highest BCUT2D eigenvalue weighted by Crippen LogP contribution is 2.30. The van der Waals surface area contributed by atoms with E-state index in [0.717, 1.165) is 25.7 Å². The quantitative estimate of drug-likeness (QED) is 0.528. The Morgan fingerprint density at radius 1 is 1.00 bits per heavy atom. The first-order valence-corrected chi connectivity index (χ1v) is 9.26. The summed E-state index contributed by atoms with van der Waals surface area (Å²) in [6.45, 7) is 0.664. The van der Waals surface area contributed by atoms with Crippen molar-refractivity contribution in [2.75, 3.05) is 34.4 Å². The minimum absolute atomic E-state index is 0.114. The van der Waals surface area contributed by atoms with Crippen LogP contribution in [0.15, 0.2) is 12.1 Å². The molecule has 8 nitrogen and oxygen atoms in total. The largest absolute Gasteiger partial charge is 0.496 e. The molecule has 0 heterocycles. The van der Waals surface area contributed by atoms with E-state index in [-0.39, 0.29) is 23.4 Å². The van der Waals surface area contributed by atoms with E-state index in [1.807, 2.05) is 7.05 Å². The maximum Gasteiger partial charge on any atom is 0.255 e. The molecule has 0 saturated heterocycles. The average molecular weight is 378 g/mol. The van der Waals surface area contributed by atoms with Gasteiger partial charge in [-0.1, -0.05) is 0 Å². The van der Waals surface area contributed by atoms with Gasteiger partial charge in [-0.05, 0) is 38.8 Å². The van der Waals surface area contributed by atoms with Crippen molar-refractivity contribution in [1.29, 1.82) is 0 Å². The van der Waals surface area contributed by atoms with Crippen molar-refractivity contribution in [2.24, 2.45) is 5.73 Å². The average Bonchev–Trinajstić information content (AvgIpc) is 2.71. The van der Waals surface area contributed by atoms with Crippen LogP contribution in [0.2, 0.25) is 0 Å². The lowest BCUT2D eigenvalue weighted by molar-refractivity contribution is 0.0921. The maximum atomic E-state index is 12.8. The minimum Gasteiger partial charge on any atom is -0.496 e. The molecule has 0 radical (unpaired) electrons. The summed E-state index contributed by atoms with van der Waals surface area (Å²) in [6.07, 6.45) is 3.88. The Hall–Kier alpha value is -2.32. The predicted molar refractivity (Wildman–Crippen MR) is 104 cm³/mol. The fraction of sp³-hybridized carbons (Fsp3) is 0.579. The highest BCUT2D eigenvalue weighted by Gasteiger charge is 2.25. The minimum atomic E-state index is -0.344. The number of methoxy groups -OCH3 is 2. The van der Waals surface area contributed by atoms with Crippen LogP contribution in [0.25, 0.3) is 0 Å². The van der Waals surface area contributed by atoms with E-state index in [4.69, 9.17) is 15.2 Å². The van der Waals surface area contributed by atoms with Crippen LogP contribution >= 0.6 is 0 Å². The molecule has 2 rings (SSSR count). The summed E-state index contributed by atoms with van der Waals surface area (Å²) in [5.41, 5.74) is 6.02. The molecule has 8 heteroatoms. The predicted octanol–water partition coefficient (Wildman–Crippen LogP) is 0.653. The molecule has 0 unspecified atom stereocenters. The van der Waals surface area contributed by atoms with Gasteiger partial charge >= 0.3 is 0 Å². The summed E-state index contributed by atoms with van der Waals surface area (Å²) in [6, 6.07) is 3.69. The van der Waals surface area contributed by atoms with Gasteiger partial charge in [-0.25, -0.2) is 0 Å². The van der Waals surface area contributed by atoms with Crippen molar-refractivity contribution in [3.8, 4) is 11.5 Å². The normalized spacial score (nSPS) is 19.3. The zero-order valence-electron chi connectivity index (χ0n) is 16.3. The van der Waals surface area contributed by atoms with Crippen LogP contribution in [0.4, 0.5) is 0 Å². The molecular weight excluding hydrogens is 348 g/mol. The number of benzene rings is 1. The van der Waals surface area contributed by atoms with E-state index in [1.54, 1.807) is 6.07 Å². The van der Waals surface area contributed by atoms with Crippen molar-refractivity contribution >= 4 is 11.8 Å². The lowest BCUT2D eigenvalue weighted by Gasteiger charge is -2.29. The molecule has 150 valence electrons. The zero-order chi connectivity index (χ0) is 19.8. The second kappa shape index (κ2) is 10.1. The van der Waals surface area contributed by atoms with E-state index < -0.39 is 0 Å². The van der Waals surface area contributed by atoms with Crippen molar-refractivity contribution in [2.45, 2.75) is 37.8 Å². The maximum absolute atomic E-state index is 12.8. The highest BCUT2D eigenvalue weighted by atomic mass is 16.5. The molecule has 0 aromatic heterocycles. The molecule has 27 heavy (non-hydrogen) atoms. The molecule has 0 bridgehead atoms. The van der Waals surface area contributed by atoms with Crippen LogP contribution in [0.3, 0.4) is 0 Å². The SMILES string of the molecule is CNC1CCC(NC(=O)c2cc(C(=O)NCCN)c(OC)cc2OC)CC1. The third kappa shape index (κ3) is 5.33. The van der Waals surface area contributed by atoms with Crippen LogP contribution in [-0.2, 0) is 0 Å². The van der Waals surface area contributed by atoms with Gasteiger partial charge in [-0.3, -0.25) is 9.59 Å². The number of nitrogens with one attached hydrogen (secondary N) is 3. The van der Waals surface area contributed by atoms with Crippen molar-refractivity contribution in [3.63, 3.8) is 0 Å². The second-order valence-corrected chi connectivity index (χ2v) is 6.61. The fourth-order valence-corrected chi connectivity index (χ4v) is 3.32. The Labute approximate surface area is 160 Å². The van der Waals surface area contributed by atoms with Gasteiger partial charge in [0, 0.05) is 31.2 Å². The molecule has 0 aliphatic heterocycles. The summed E-state index contributed by atoms with van der Waals surface area (Å²) in [5, 5.41) is 9.04. The molecule has 0 spiro atoms. The standard InChI is InChI=1S/C19H30N4O4/c1-21-12-4-6-13(7-5-12)23-19(25)15-10-14(18(24)22-9-8-20)16(26-2)11-17(15)27-3/h10-13,21H,4-9,20H2,1-3H3,(H,22,24)(H,23,25). The van der Waals surface area contributed by atoms with Crippen LogP contribution in [-0.4, -0.2) is 58.3 Å². The Balaban J connectivity index is 2.20. The summed E-state index contributed by atoms with van der Waals surface area (Å²) < 4.78 is 10.6. The van der Waals surface area contributed by atoms with Gasteiger partial charge in [0.15, 0.2) is 0 Å². The zero-order valence-corrected chi connectivity index (χ0v) is 16.3. The van der Waals surface area contributed by atoms with E-state index in [0.29, 0.717) is 36.2 Å². The smallest absolute Gasteiger partial charge is 0.255 e. The Bertz CT molecular complexity index is 657. The van der Waals surface area contributed by atoms with Crippen LogP contribution in [0.5, 0.6) is 11.5 Å². The molecular formula is C19H30N4O4. The van der Waals surface area contributed by atoms with Gasteiger partial charge in [0.1, 0.15) is 11.5 Å². The molecule has 1 saturated carbocycles. The number of hydrogen-bond donors (Lipinski definition) is 4. The van der Waals surface area contributed by atoms with Gasteiger partial charge in [0.2, 0.25) is 0 Å². The van der Waals surface area contributed by atoms with Crippen molar-refractivity contribution in [3.05, 3.63) is 23.3 Å². The van der Waals surface area contributed by atoms with Crippen LogP contribution in [0, 0.1) is 0 Å². The van der Waals surface area contributed by atoms with E-state index in [2.05, 4.69) is 16.0 Å². The Morgan fingerprint density at radius 2 is 1.56 bits per heavy atom. The molecule has 0 atom stereocenters. The summed E-state index contributed by atoms with van der Waals surface area (Å²) in [5.74, 6) is 0.106. The first-order valence-electron chi connectivity index (χ1n) is 9.26. The molecule has 5 N–H and O–H groups in total. The number of amides is 2. The molecule has 1 aromatic rings. The Morgan fingerprint density at radius 3 is 2.07 bits per heavy atom. The van der Waals surface area contributed by atoms with E-state index >= 15 is 0 Å². The molecule has 1 aromatic carbocycles. The Kier molecular flexibility index (Phi) is 7.87. The summed E-state index contributed by atoms with van der Waals surface area (Å²) in [7, 11) is 4.91. The monoisotopic (exact) mass is 378 g/mol. The first kappa shape index (κ1) is 21.0.